The number of carbonyl (C=O) groups is 2. The monoisotopic (exact) mass is 333 g/mol. The summed E-state index contributed by atoms with van der Waals surface area (Å²) in [7, 11) is 0. The average molecular weight is 333 g/mol. The number of rotatable bonds is 3. The van der Waals surface area contributed by atoms with Gasteiger partial charge in [0.1, 0.15) is 6.54 Å². The Balaban J connectivity index is 1.76. The predicted molar refractivity (Wildman–Crippen MR) is 94.7 cm³/mol. The average Bonchev–Trinajstić information content (AvgIpc) is 2.65. The lowest BCUT2D eigenvalue weighted by Gasteiger charge is -2.31. The molecule has 2 aromatic carbocycles. The van der Waals surface area contributed by atoms with E-state index in [0.29, 0.717) is 24.3 Å². The standard InChI is InChI=1S/C20H19N3O2/c1-15(24)23(19-8-4-5-16(11-19)12-21)14-20(25)22-10-9-17-6-2-3-7-18(17)13-22/h2-8,11H,9-10,13-14H2,1H3. The first-order valence-corrected chi connectivity index (χ1v) is 8.21. The highest BCUT2D eigenvalue weighted by molar-refractivity contribution is 5.97. The molecule has 0 atom stereocenters. The Kier molecular flexibility index (Phi) is 4.80. The van der Waals surface area contributed by atoms with Gasteiger partial charge in [-0.05, 0) is 35.7 Å². The molecule has 0 spiro atoms. The van der Waals surface area contributed by atoms with E-state index in [1.165, 1.54) is 17.4 Å². The molecule has 1 aliphatic heterocycles. The normalized spacial score (nSPS) is 12.9. The molecule has 2 amide bonds. The van der Waals surface area contributed by atoms with Crippen molar-refractivity contribution in [2.75, 3.05) is 18.0 Å². The van der Waals surface area contributed by atoms with E-state index < -0.39 is 0 Å². The zero-order chi connectivity index (χ0) is 17.8. The summed E-state index contributed by atoms with van der Waals surface area (Å²) < 4.78 is 0. The largest absolute Gasteiger partial charge is 0.336 e. The molecule has 1 heterocycles. The summed E-state index contributed by atoms with van der Waals surface area (Å²) in [5.74, 6) is -0.312. The molecule has 2 aromatic rings. The van der Waals surface area contributed by atoms with Gasteiger partial charge in [-0.3, -0.25) is 9.59 Å². The maximum Gasteiger partial charge on any atom is 0.242 e. The fourth-order valence-corrected chi connectivity index (χ4v) is 3.07. The van der Waals surface area contributed by atoms with Crippen molar-refractivity contribution in [3.05, 3.63) is 65.2 Å². The van der Waals surface area contributed by atoms with Crippen molar-refractivity contribution in [2.45, 2.75) is 19.9 Å². The number of hydrogen-bond donors (Lipinski definition) is 0. The topological polar surface area (TPSA) is 64.4 Å². The van der Waals surface area contributed by atoms with E-state index in [1.807, 2.05) is 18.2 Å². The lowest BCUT2D eigenvalue weighted by molar-refractivity contribution is -0.132. The van der Waals surface area contributed by atoms with Crippen molar-refractivity contribution in [3.8, 4) is 6.07 Å². The summed E-state index contributed by atoms with van der Waals surface area (Å²) in [4.78, 5) is 28.0. The van der Waals surface area contributed by atoms with Crippen LogP contribution in [0, 0.1) is 11.3 Å². The van der Waals surface area contributed by atoms with Crippen molar-refractivity contribution in [1.29, 1.82) is 5.26 Å². The highest BCUT2D eigenvalue weighted by Crippen LogP contribution is 2.20. The summed E-state index contributed by atoms with van der Waals surface area (Å²) >= 11 is 0. The first kappa shape index (κ1) is 16.7. The third kappa shape index (κ3) is 3.69. The van der Waals surface area contributed by atoms with Gasteiger partial charge in [-0.1, -0.05) is 30.3 Å². The van der Waals surface area contributed by atoms with Crippen LogP contribution in [0.1, 0.15) is 23.6 Å². The van der Waals surface area contributed by atoms with Crippen LogP contribution < -0.4 is 4.90 Å². The second-order valence-corrected chi connectivity index (χ2v) is 6.10. The fraction of sp³-hybridized carbons (Fsp3) is 0.250. The third-order valence-electron chi connectivity index (χ3n) is 4.44. The van der Waals surface area contributed by atoms with E-state index in [1.54, 1.807) is 29.2 Å². The molecule has 0 bridgehead atoms. The fourth-order valence-electron chi connectivity index (χ4n) is 3.07. The molecular formula is C20H19N3O2. The molecule has 3 rings (SSSR count). The van der Waals surface area contributed by atoms with Gasteiger partial charge in [0.2, 0.25) is 11.8 Å². The molecule has 25 heavy (non-hydrogen) atoms. The molecule has 126 valence electrons. The van der Waals surface area contributed by atoms with Crippen LogP contribution in [-0.2, 0) is 22.6 Å². The van der Waals surface area contributed by atoms with Crippen molar-refractivity contribution >= 4 is 17.5 Å². The van der Waals surface area contributed by atoms with Gasteiger partial charge in [0.25, 0.3) is 0 Å². The number of carbonyl (C=O) groups excluding carboxylic acids is 2. The summed E-state index contributed by atoms with van der Waals surface area (Å²) in [5, 5.41) is 9.03. The van der Waals surface area contributed by atoms with E-state index in [4.69, 9.17) is 5.26 Å². The van der Waals surface area contributed by atoms with Gasteiger partial charge in [-0.2, -0.15) is 5.26 Å². The summed E-state index contributed by atoms with van der Waals surface area (Å²) in [5.41, 5.74) is 3.46. The Morgan fingerprint density at radius 1 is 1.16 bits per heavy atom. The first-order chi connectivity index (χ1) is 12.1. The minimum Gasteiger partial charge on any atom is -0.336 e. The lowest BCUT2D eigenvalue weighted by Crippen LogP contribution is -2.44. The molecule has 0 saturated carbocycles. The predicted octanol–water partition coefficient (Wildman–Crippen LogP) is 2.50. The van der Waals surface area contributed by atoms with Crippen LogP contribution >= 0.6 is 0 Å². The second kappa shape index (κ2) is 7.18. The maximum atomic E-state index is 12.7. The molecule has 0 aromatic heterocycles. The van der Waals surface area contributed by atoms with E-state index in [9.17, 15) is 9.59 Å². The van der Waals surface area contributed by atoms with E-state index in [0.717, 1.165) is 12.0 Å². The van der Waals surface area contributed by atoms with Crippen LogP contribution in [0.2, 0.25) is 0 Å². The Labute approximate surface area is 147 Å². The number of nitriles is 1. The second-order valence-electron chi connectivity index (χ2n) is 6.10. The van der Waals surface area contributed by atoms with Gasteiger partial charge in [0.15, 0.2) is 0 Å². The lowest BCUT2D eigenvalue weighted by atomic mass is 10.00. The van der Waals surface area contributed by atoms with Gasteiger partial charge in [-0.25, -0.2) is 0 Å². The summed E-state index contributed by atoms with van der Waals surface area (Å²) in [6.07, 6.45) is 0.825. The van der Waals surface area contributed by atoms with E-state index >= 15 is 0 Å². The van der Waals surface area contributed by atoms with Gasteiger partial charge in [0.05, 0.1) is 11.6 Å². The molecule has 0 N–H and O–H groups in total. The Morgan fingerprint density at radius 2 is 1.92 bits per heavy atom. The third-order valence-corrected chi connectivity index (χ3v) is 4.44. The number of amides is 2. The van der Waals surface area contributed by atoms with Crippen LogP contribution in [0.3, 0.4) is 0 Å². The zero-order valence-electron chi connectivity index (χ0n) is 14.1. The molecule has 0 radical (unpaired) electrons. The maximum absolute atomic E-state index is 12.7. The van der Waals surface area contributed by atoms with Crippen molar-refractivity contribution in [2.24, 2.45) is 0 Å². The number of nitrogens with zero attached hydrogens (tertiary/aromatic N) is 3. The Morgan fingerprint density at radius 3 is 2.64 bits per heavy atom. The first-order valence-electron chi connectivity index (χ1n) is 8.21. The molecule has 0 aliphatic carbocycles. The van der Waals surface area contributed by atoms with E-state index in [-0.39, 0.29) is 18.4 Å². The Bertz CT molecular complexity index is 854. The minimum absolute atomic E-state index is 0.0214. The summed E-state index contributed by atoms with van der Waals surface area (Å²) in [6.45, 7) is 2.63. The molecule has 0 fully saturated rings. The van der Waals surface area contributed by atoms with Crippen molar-refractivity contribution < 1.29 is 9.59 Å². The zero-order valence-corrected chi connectivity index (χ0v) is 14.1. The minimum atomic E-state index is -0.221. The molecule has 0 saturated heterocycles. The van der Waals surface area contributed by atoms with E-state index in [2.05, 4.69) is 12.1 Å². The van der Waals surface area contributed by atoms with Crippen LogP contribution in [0.15, 0.2) is 48.5 Å². The molecule has 5 heteroatoms. The van der Waals surface area contributed by atoms with Crippen LogP contribution in [0.25, 0.3) is 0 Å². The smallest absolute Gasteiger partial charge is 0.242 e. The highest BCUT2D eigenvalue weighted by Gasteiger charge is 2.24. The number of fused-ring (bicyclic) bond motifs is 1. The summed E-state index contributed by atoms with van der Waals surface area (Å²) in [6, 6.07) is 16.9. The van der Waals surface area contributed by atoms with Gasteiger partial charge in [0, 0.05) is 25.7 Å². The quantitative estimate of drug-likeness (QED) is 0.867. The van der Waals surface area contributed by atoms with Crippen LogP contribution in [0.5, 0.6) is 0 Å². The molecular weight excluding hydrogens is 314 g/mol. The van der Waals surface area contributed by atoms with Gasteiger partial charge in [-0.15, -0.1) is 0 Å². The molecule has 0 unspecified atom stereocenters. The van der Waals surface area contributed by atoms with Crippen molar-refractivity contribution in [3.63, 3.8) is 0 Å². The van der Waals surface area contributed by atoms with Gasteiger partial charge >= 0.3 is 0 Å². The number of hydrogen-bond acceptors (Lipinski definition) is 3. The molecule has 1 aliphatic rings. The highest BCUT2D eigenvalue weighted by atomic mass is 16.2. The van der Waals surface area contributed by atoms with Crippen LogP contribution in [0.4, 0.5) is 5.69 Å². The number of anilines is 1. The van der Waals surface area contributed by atoms with Crippen molar-refractivity contribution in [1.82, 2.24) is 4.90 Å². The molecule has 5 nitrogen and oxygen atoms in total. The van der Waals surface area contributed by atoms with Crippen LogP contribution in [-0.4, -0.2) is 29.8 Å². The Hall–Kier alpha value is -3.13. The number of benzene rings is 2. The SMILES string of the molecule is CC(=O)N(CC(=O)N1CCc2ccccc2C1)c1cccc(C#N)c1. The van der Waals surface area contributed by atoms with Gasteiger partial charge < -0.3 is 9.80 Å².